The van der Waals surface area contributed by atoms with Gasteiger partial charge in [-0.1, -0.05) is 95.6 Å². The molecule has 3 nitrogen and oxygen atoms in total. The van der Waals surface area contributed by atoms with Crippen molar-refractivity contribution in [2.75, 3.05) is 4.90 Å². The van der Waals surface area contributed by atoms with Gasteiger partial charge in [-0.25, -0.2) is 0 Å². The Morgan fingerprint density at radius 2 is 1.35 bits per heavy atom. The second kappa shape index (κ2) is 9.15. The molecule has 1 aliphatic heterocycles. The minimum Gasteiger partial charge on any atom is -0.312 e. The first kappa shape index (κ1) is 25.2. The minimum atomic E-state index is -0.410. The molecule has 4 heteroatoms. The molecule has 0 amide bonds. The Balaban J connectivity index is 1.77. The van der Waals surface area contributed by atoms with Crippen molar-refractivity contribution >= 4 is 34.5 Å². The molecule has 0 radical (unpaired) electrons. The molecule has 1 aliphatic carbocycles. The van der Waals surface area contributed by atoms with Crippen LogP contribution in [0.25, 0.3) is 0 Å². The summed E-state index contributed by atoms with van der Waals surface area (Å²) in [6.45, 7) is 13.2. The first-order chi connectivity index (χ1) is 17.5. The zero-order valence-electron chi connectivity index (χ0n) is 22.2. The summed E-state index contributed by atoms with van der Waals surface area (Å²) >= 11 is 6.49. The molecule has 2 aliphatic rings. The normalized spacial score (nSPS) is 17.3. The van der Waals surface area contributed by atoms with E-state index in [1.165, 1.54) is 16.8 Å². The third-order valence-electron chi connectivity index (χ3n) is 7.63. The van der Waals surface area contributed by atoms with Crippen LogP contribution in [0.4, 0.5) is 11.4 Å². The Morgan fingerprint density at radius 3 is 1.89 bits per heavy atom. The number of halogens is 1. The van der Waals surface area contributed by atoms with Gasteiger partial charge < -0.3 is 4.90 Å². The van der Waals surface area contributed by atoms with Crippen LogP contribution >= 0.6 is 11.6 Å². The standard InChI is InChI=1S/C33H32ClNO2/c1-19(2)22-12-9-13-23(20(3)4)30(22)35-28-16-14-21(34)18-27(28)33(5,6)29(35)17-15-26-31(36)24-10-7-8-11-25(24)32(26)37/h7-20H,1-6H3/b29-17+. The lowest BCUT2D eigenvalue weighted by Gasteiger charge is -2.32. The molecule has 0 aromatic heterocycles. The maximum atomic E-state index is 13.1. The van der Waals surface area contributed by atoms with E-state index in [-0.39, 0.29) is 17.1 Å². The molecule has 3 aromatic carbocycles. The molecule has 0 fully saturated rings. The fourth-order valence-electron chi connectivity index (χ4n) is 5.63. The highest BCUT2D eigenvalue weighted by atomic mass is 35.5. The first-order valence-electron chi connectivity index (χ1n) is 12.9. The summed E-state index contributed by atoms with van der Waals surface area (Å²) in [6.07, 6.45) is 3.68. The molecule has 5 rings (SSSR count). The predicted octanol–water partition coefficient (Wildman–Crippen LogP) is 8.91. The molecule has 0 saturated heterocycles. The van der Waals surface area contributed by atoms with Crippen LogP contribution in [-0.4, -0.2) is 11.6 Å². The number of carbonyl (C=O) groups is 2. The van der Waals surface area contributed by atoms with E-state index in [9.17, 15) is 9.59 Å². The number of hydrogen-bond donors (Lipinski definition) is 0. The quantitative estimate of drug-likeness (QED) is 0.260. The van der Waals surface area contributed by atoms with Crippen molar-refractivity contribution in [1.29, 1.82) is 0 Å². The molecule has 0 atom stereocenters. The summed E-state index contributed by atoms with van der Waals surface area (Å²) in [6, 6.07) is 19.6. The highest BCUT2D eigenvalue weighted by molar-refractivity contribution is 6.39. The van der Waals surface area contributed by atoms with Crippen LogP contribution in [0.15, 0.2) is 84.1 Å². The van der Waals surface area contributed by atoms with Crippen LogP contribution in [0.3, 0.4) is 0 Å². The molecule has 0 saturated carbocycles. The molecule has 0 unspecified atom stereocenters. The third-order valence-corrected chi connectivity index (χ3v) is 7.87. The van der Waals surface area contributed by atoms with Crippen LogP contribution < -0.4 is 4.90 Å². The van der Waals surface area contributed by atoms with E-state index in [1.807, 2.05) is 18.2 Å². The second-order valence-corrected chi connectivity index (χ2v) is 11.5. The van der Waals surface area contributed by atoms with Gasteiger partial charge in [0.15, 0.2) is 11.6 Å². The molecule has 0 N–H and O–H groups in total. The number of carbonyl (C=O) groups excluding carboxylic acids is 2. The Kier molecular flexibility index (Phi) is 6.24. The summed E-state index contributed by atoms with van der Waals surface area (Å²) < 4.78 is 0. The van der Waals surface area contributed by atoms with Crippen LogP contribution in [0.1, 0.15) is 90.8 Å². The van der Waals surface area contributed by atoms with Crippen molar-refractivity contribution in [3.05, 3.63) is 117 Å². The smallest absolute Gasteiger partial charge is 0.197 e. The van der Waals surface area contributed by atoms with E-state index >= 15 is 0 Å². The fraction of sp³-hybridized carbons (Fsp3) is 0.273. The van der Waals surface area contributed by atoms with Crippen LogP contribution in [0, 0.1) is 0 Å². The summed E-state index contributed by atoms with van der Waals surface area (Å²) in [5, 5.41) is 0.684. The molecule has 3 aromatic rings. The molecule has 188 valence electrons. The van der Waals surface area contributed by atoms with E-state index in [4.69, 9.17) is 11.6 Å². The predicted molar refractivity (Wildman–Crippen MR) is 153 cm³/mol. The average Bonchev–Trinajstić information content (AvgIpc) is 3.23. The van der Waals surface area contributed by atoms with Crippen LogP contribution in [0.2, 0.25) is 5.02 Å². The van der Waals surface area contributed by atoms with Gasteiger partial charge in [0.05, 0.1) is 16.9 Å². The summed E-state index contributed by atoms with van der Waals surface area (Å²) in [4.78, 5) is 28.6. The molecular formula is C33H32ClNO2. The molecule has 1 heterocycles. The van der Waals surface area contributed by atoms with E-state index in [0.29, 0.717) is 28.0 Å². The van der Waals surface area contributed by atoms with Gasteiger partial charge in [0.25, 0.3) is 0 Å². The van der Waals surface area contributed by atoms with Crippen molar-refractivity contribution in [1.82, 2.24) is 0 Å². The van der Waals surface area contributed by atoms with Gasteiger partial charge >= 0.3 is 0 Å². The maximum absolute atomic E-state index is 13.1. The van der Waals surface area contributed by atoms with Crippen molar-refractivity contribution < 1.29 is 9.59 Å². The molecule has 37 heavy (non-hydrogen) atoms. The van der Waals surface area contributed by atoms with E-state index < -0.39 is 5.41 Å². The number of rotatable bonds is 4. The number of benzene rings is 3. The zero-order valence-corrected chi connectivity index (χ0v) is 23.0. The van der Waals surface area contributed by atoms with Crippen molar-refractivity contribution in [2.24, 2.45) is 0 Å². The van der Waals surface area contributed by atoms with Gasteiger partial charge in [0, 0.05) is 27.3 Å². The second-order valence-electron chi connectivity index (χ2n) is 11.1. The summed E-state index contributed by atoms with van der Waals surface area (Å²) in [7, 11) is 0. The molecule has 0 spiro atoms. The summed E-state index contributed by atoms with van der Waals surface area (Å²) in [5.74, 6) is 0.178. The highest BCUT2D eigenvalue weighted by Gasteiger charge is 2.42. The fourth-order valence-corrected chi connectivity index (χ4v) is 5.80. The van der Waals surface area contributed by atoms with E-state index in [1.54, 1.807) is 30.3 Å². The van der Waals surface area contributed by atoms with Gasteiger partial charge in [-0.05, 0) is 58.9 Å². The topological polar surface area (TPSA) is 37.4 Å². The van der Waals surface area contributed by atoms with E-state index in [0.717, 1.165) is 16.9 Å². The lowest BCUT2D eigenvalue weighted by Crippen LogP contribution is -2.24. The Morgan fingerprint density at radius 1 is 0.784 bits per heavy atom. The number of Topliss-reactive ketones (excluding diaryl/α,β-unsaturated/α-hetero) is 2. The van der Waals surface area contributed by atoms with E-state index in [2.05, 4.69) is 70.7 Å². The number of fused-ring (bicyclic) bond motifs is 2. The SMILES string of the molecule is CC(C)c1cccc(C(C)C)c1N1/C(=C/C=C2C(=O)c3ccccc3C2=O)C(C)(C)c2cc(Cl)ccc21. The van der Waals surface area contributed by atoms with Gasteiger partial charge in [0.2, 0.25) is 0 Å². The summed E-state index contributed by atoms with van der Waals surface area (Å²) in [5.41, 5.74) is 7.61. The number of ketones is 2. The third kappa shape index (κ3) is 3.97. The highest BCUT2D eigenvalue weighted by Crippen LogP contribution is 2.54. The number of anilines is 2. The van der Waals surface area contributed by atoms with Crippen LogP contribution in [0.5, 0.6) is 0 Å². The van der Waals surface area contributed by atoms with Gasteiger partial charge in [0.1, 0.15) is 0 Å². The Hall–Kier alpha value is -3.43. The van der Waals surface area contributed by atoms with Gasteiger partial charge in [-0.2, -0.15) is 0 Å². The maximum Gasteiger partial charge on any atom is 0.197 e. The number of para-hydroxylation sites is 1. The first-order valence-corrected chi connectivity index (χ1v) is 13.3. The number of allylic oxidation sites excluding steroid dienone is 4. The lowest BCUT2D eigenvalue weighted by atomic mass is 9.83. The van der Waals surface area contributed by atoms with Crippen molar-refractivity contribution in [2.45, 2.75) is 58.8 Å². The van der Waals surface area contributed by atoms with Crippen molar-refractivity contribution in [3.63, 3.8) is 0 Å². The minimum absolute atomic E-state index is 0.208. The molecule has 0 bridgehead atoms. The zero-order chi connectivity index (χ0) is 26.6. The Bertz CT molecular complexity index is 1440. The monoisotopic (exact) mass is 509 g/mol. The average molecular weight is 510 g/mol. The van der Waals surface area contributed by atoms with Crippen LogP contribution in [-0.2, 0) is 5.41 Å². The Labute approximate surface area is 224 Å². The number of hydrogen-bond acceptors (Lipinski definition) is 3. The van der Waals surface area contributed by atoms with Gasteiger partial charge in [-0.15, -0.1) is 0 Å². The van der Waals surface area contributed by atoms with Crippen molar-refractivity contribution in [3.8, 4) is 0 Å². The number of nitrogens with zero attached hydrogens (tertiary/aromatic N) is 1. The largest absolute Gasteiger partial charge is 0.312 e. The molecular weight excluding hydrogens is 478 g/mol. The van der Waals surface area contributed by atoms with Gasteiger partial charge in [-0.3, -0.25) is 9.59 Å². The lowest BCUT2D eigenvalue weighted by molar-refractivity contribution is 0.0988.